The fraction of sp³-hybridized carbons (Fsp3) is 0. The maximum Gasteiger partial charge on any atom is 0.240 e. The molecule has 0 fully saturated rings. The molecule has 3 rings (SSSR count). The van der Waals surface area contributed by atoms with Crippen molar-refractivity contribution < 1.29 is 12.8 Å². The number of rotatable bonds is 2. The molecule has 0 aliphatic rings. The van der Waals surface area contributed by atoms with Gasteiger partial charge in [-0.3, -0.25) is 4.57 Å². The summed E-state index contributed by atoms with van der Waals surface area (Å²) >= 11 is 6.02. The number of halogens is 2. The molecule has 0 saturated carbocycles. The van der Waals surface area contributed by atoms with Crippen LogP contribution in [0.15, 0.2) is 47.6 Å². The minimum atomic E-state index is -3.92. The van der Waals surface area contributed by atoms with E-state index in [9.17, 15) is 12.8 Å². The van der Waals surface area contributed by atoms with E-state index in [1.54, 1.807) is 12.1 Å². The van der Waals surface area contributed by atoms with E-state index in [0.29, 0.717) is 16.7 Å². The average molecular weight is 326 g/mol. The molecule has 0 saturated heterocycles. The number of benzene rings is 1. The van der Waals surface area contributed by atoms with Crippen LogP contribution < -0.4 is 5.14 Å². The van der Waals surface area contributed by atoms with Gasteiger partial charge < -0.3 is 0 Å². The van der Waals surface area contributed by atoms with E-state index in [4.69, 9.17) is 16.7 Å². The highest BCUT2D eigenvalue weighted by molar-refractivity contribution is 7.89. The second kappa shape index (κ2) is 4.80. The van der Waals surface area contributed by atoms with E-state index in [1.807, 2.05) is 0 Å². The Balaban J connectivity index is 2.39. The standard InChI is InChI=1S/C13H9ClFN3O2S/c14-10-6-8(15)3-4-11(10)18-7-12(21(16,19)20)9-2-1-5-17-13(9)18/h1-7H,(H2,16,19,20). The number of primary sulfonamides is 1. The molecule has 0 aliphatic carbocycles. The van der Waals surface area contributed by atoms with Crippen molar-refractivity contribution in [2.45, 2.75) is 4.90 Å². The summed E-state index contributed by atoms with van der Waals surface area (Å²) in [6.07, 6.45) is 2.84. The lowest BCUT2D eigenvalue weighted by atomic mass is 10.3. The Hall–Kier alpha value is -1.96. The van der Waals surface area contributed by atoms with Gasteiger partial charge in [0.05, 0.1) is 10.7 Å². The highest BCUT2D eigenvalue weighted by atomic mass is 35.5. The molecule has 3 aromatic rings. The first-order valence-electron chi connectivity index (χ1n) is 5.82. The van der Waals surface area contributed by atoms with Crippen LogP contribution in [-0.4, -0.2) is 18.0 Å². The number of fused-ring (bicyclic) bond motifs is 1. The van der Waals surface area contributed by atoms with Gasteiger partial charge in [-0.2, -0.15) is 0 Å². The van der Waals surface area contributed by atoms with E-state index in [1.165, 1.54) is 29.1 Å². The van der Waals surface area contributed by atoms with E-state index in [0.717, 1.165) is 6.07 Å². The predicted octanol–water partition coefficient (Wildman–Crippen LogP) is 2.47. The van der Waals surface area contributed by atoms with Gasteiger partial charge in [-0.1, -0.05) is 11.6 Å². The van der Waals surface area contributed by atoms with Gasteiger partial charge in [-0.05, 0) is 30.3 Å². The van der Waals surface area contributed by atoms with Crippen LogP contribution in [0.2, 0.25) is 5.02 Å². The highest BCUT2D eigenvalue weighted by Gasteiger charge is 2.19. The molecule has 1 aromatic carbocycles. The van der Waals surface area contributed by atoms with Gasteiger partial charge in [0, 0.05) is 17.8 Å². The molecule has 21 heavy (non-hydrogen) atoms. The maximum absolute atomic E-state index is 13.1. The van der Waals surface area contributed by atoms with Gasteiger partial charge in [0.25, 0.3) is 0 Å². The molecule has 0 bridgehead atoms. The summed E-state index contributed by atoms with van der Waals surface area (Å²) in [5.41, 5.74) is 0.784. The molecule has 0 unspecified atom stereocenters. The van der Waals surface area contributed by atoms with Gasteiger partial charge in [0.15, 0.2) is 0 Å². The van der Waals surface area contributed by atoms with Crippen LogP contribution in [0.5, 0.6) is 0 Å². The van der Waals surface area contributed by atoms with Gasteiger partial charge in [0.1, 0.15) is 16.4 Å². The fourth-order valence-electron chi connectivity index (χ4n) is 2.12. The normalized spacial score (nSPS) is 12.0. The minimum Gasteiger partial charge on any atom is -0.298 e. The first kappa shape index (κ1) is 14.0. The number of sulfonamides is 1. The lowest BCUT2D eigenvalue weighted by molar-refractivity contribution is 0.598. The van der Waals surface area contributed by atoms with Crippen molar-refractivity contribution in [2.75, 3.05) is 0 Å². The Kier molecular flexibility index (Phi) is 3.20. The van der Waals surface area contributed by atoms with Crippen LogP contribution >= 0.6 is 11.6 Å². The summed E-state index contributed by atoms with van der Waals surface area (Å²) in [7, 11) is -3.92. The summed E-state index contributed by atoms with van der Waals surface area (Å²) in [4.78, 5) is 4.08. The Morgan fingerprint density at radius 2 is 2.05 bits per heavy atom. The monoisotopic (exact) mass is 325 g/mol. The van der Waals surface area contributed by atoms with Crippen molar-refractivity contribution in [2.24, 2.45) is 5.14 Å². The van der Waals surface area contributed by atoms with E-state index in [2.05, 4.69) is 4.98 Å². The summed E-state index contributed by atoms with van der Waals surface area (Å²) in [6.45, 7) is 0. The van der Waals surface area contributed by atoms with Crippen molar-refractivity contribution in [3.8, 4) is 5.69 Å². The third-order valence-electron chi connectivity index (χ3n) is 3.00. The second-order valence-electron chi connectivity index (χ2n) is 4.38. The third-order valence-corrected chi connectivity index (χ3v) is 4.24. The zero-order chi connectivity index (χ0) is 15.2. The van der Waals surface area contributed by atoms with E-state index in [-0.39, 0.29) is 9.92 Å². The SMILES string of the molecule is NS(=O)(=O)c1cn(-c2ccc(F)cc2Cl)c2ncccc12. The van der Waals surface area contributed by atoms with Crippen LogP contribution in [0, 0.1) is 5.82 Å². The van der Waals surface area contributed by atoms with Gasteiger partial charge >= 0.3 is 0 Å². The maximum atomic E-state index is 13.1. The minimum absolute atomic E-state index is 0.0639. The van der Waals surface area contributed by atoms with E-state index < -0.39 is 15.8 Å². The van der Waals surface area contributed by atoms with Crippen LogP contribution in [0.4, 0.5) is 4.39 Å². The zero-order valence-electron chi connectivity index (χ0n) is 10.5. The van der Waals surface area contributed by atoms with Crippen molar-refractivity contribution in [1.82, 2.24) is 9.55 Å². The Morgan fingerprint density at radius 1 is 1.29 bits per heavy atom. The molecule has 0 spiro atoms. The first-order valence-corrected chi connectivity index (χ1v) is 7.74. The van der Waals surface area contributed by atoms with Crippen LogP contribution in [0.1, 0.15) is 0 Å². The summed E-state index contributed by atoms with van der Waals surface area (Å²) in [5.74, 6) is -0.486. The largest absolute Gasteiger partial charge is 0.298 e. The lowest BCUT2D eigenvalue weighted by Gasteiger charge is -2.06. The molecular weight excluding hydrogens is 317 g/mol. The number of hydrogen-bond donors (Lipinski definition) is 1. The van der Waals surface area contributed by atoms with E-state index >= 15 is 0 Å². The van der Waals surface area contributed by atoms with Crippen molar-refractivity contribution in [1.29, 1.82) is 0 Å². The molecule has 0 atom stereocenters. The molecule has 2 aromatic heterocycles. The average Bonchev–Trinajstić information content (AvgIpc) is 2.78. The number of nitrogens with zero attached hydrogens (tertiary/aromatic N) is 2. The summed E-state index contributed by atoms with van der Waals surface area (Å²) < 4.78 is 38.0. The quantitative estimate of drug-likeness (QED) is 0.786. The van der Waals surface area contributed by atoms with Crippen molar-refractivity contribution >= 4 is 32.7 Å². The number of aromatic nitrogens is 2. The molecule has 5 nitrogen and oxygen atoms in total. The van der Waals surface area contributed by atoms with Crippen LogP contribution in [-0.2, 0) is 10.0 Å². The molecule has 2 heterocycles. The summed E-state index contributed by atoms with van der Waals surface area (Å²) in [6, 6.07) is 7.01. The molecule has 0 aliphatic heterocycles. The molecular formula is C13H9ClFN3O2S. The smallest absolute Gasteiger partial charge is 0.240 e. The first-order chi connectivity index (χ1) is 9.88. The lowest BCUT2D eigenvalue weighted by Crippen LogP contribution is -2.11. The Bertz CT molecular complexity index is 953. The molecule has 0 radical (unpaired) electrons. The fourth-order valence-corrected chi connectivity index (χ4v) is 3.09. The molecule has 2 N–H and O–H groups in total. The van der Waals surface area contributed by atoms with Crippen LogP contribution in [0.25, 0.3) is 16.7 Å². The topological polar surface area (TPSA) is 78.0 Å². The predicted molar refractivity (Wildman–Crippen MR) is 77.4 cm³/mol. The van der Waals surface area contributed by atoms with Gasteiger partial charge in [-0.15, -0.1) is 0 Å². The zero-order valence-corrected chi connectivity index (χ0v) is 12.1. The molecule has 108 valence electrons. The van der Waals surface area contributed by atoms with Crippen molar-refractivity contribution in [3.05, 3.63) is 53.6 Å². The molecule has 8 heteroatoms. The Labute approximate surface area is 124 Å². The summed E-state index contributed by atoms with van der Waals surface area (Å²) in [5, 5.41) is 5.73. The van der Waals surface area contributed by atoms with Crippen molar-refractivity contribution in [3.63, 3.8) is 0 Å². The van der Waals surface area contributed by atoms with Crippen LogP contribution in [0.3, 0.4) is 0 Å². The highest BCUT2D eigenvalue weighted by Crippen LogP contribution is 2.29. The second-order valence-corrected chi connectivity index (χ2v) is 6.32. The molecule has 0 amide bonds. The van der Waals surface area contributed by atoms with Gasteiger partial charge in [-0.25, -0.2) is 22.9 Å². The Morgan fingerprint density at radius 3 is 2.71 bits per heavy atom. The number of nitrogens with two attached hydrogens (primary N) is 1. The third kappa shape index (κ3) is 2.39. The number of pyridine rings is 1. The number of hydrogen-bond acceptors (Lipinski definition) is 3. The van der Waals surface area contributed by atoms with Gasteiger partial charge in [0.2, 0.25) is 10.0 Å².